The molecule has 2 nitrogen and oxygen atoms in total. The van der Waals surface area contributed by atoms with Crippen molar-refractivity contribution in [3.63, 3.8) is 0 Å². The third kappa shape index (κ3) is 3.37. The molecule has 0 aliphatic rings. The molecule has 1 amide bonds. The van der Waals surface area contributed by atoms with E-state index in [1.807, 2.05) is 0 Å². The van der Waals surface area contributed by atoms with Crippen LogP contribution in [0.1, 0.15) is 6.42 Å². The molecule has 0 atom stereocenters. The summed E-state index contributed by atoms with van der Waals surface area (Å²) in [6, 6.07) is 0. The van der Waals surface area contributed by atoms with E-state index in [4.69, 9.17) is 0 Å². The summed E-state index contributed by atoms with van der Waals surface area (Å²) >= 11 is 0. The molecule has 0 radical (unpaired) electrons. The van der Waals surface area contributed by atoms with E-state index in [1.165, 1.54) is 0 Å². The lowest BCUT2D eigenvalue weighted by Gasteiger charge is -2.33. The van der Waals surface area contributed by atoms with Crippen molar-refractivity contribution in [2.75, 3.05) is 6.54 Å². The van der Waals surface area contributed by atoms with E-state index in [0.29, 0.717) is 6.08 Å². The molecule has 0 aromatic heterocycles. The van der Waals surface area contributed by atoms with Crippen molar-refractivity contribution in [2.45, 2.75) is 30.4 Å². The molecule has 118 valence electrons. The number of carbonyl (C=O) groups excluding carboxylic acids is 1. The minimum atomic E-state index is -6.91. The minimum absolute atomic E-state index is 0.570. The van der Waals surface area contributed by atoms with Crippen LogP contribution in [0, 0.1) is 0 Å². The first-order valence-corrected chi connectivity index (χ1v) is 4.81. The summed E-state index contributed by atoms with van der Waals surface area (Å²) in [6.45, 7) is 1.64. The van der Waals surface area contributed by atoms with E-state index >= 15 is 0 Å². The number of halogens is 9. The van der Waals surface area contributed by atoms with Crippen LogP contribution in [0.2, 0.25) is 0 Å². The quantitative estimate of drug-likeness (QED) is 0.592. The summed E-state index contributed by atoms with van der Waals surface area (Å²) in [4.78, 5) is 10.5. The Morgan fingerprint density at radius 3 is 1.75 bits per heavy atom. The lowest BCUT2D eigenvalue weighted by atomic mass is 10.0. The maximum atomic E-state index is 12.9. The van der Waals surface area contributed by atoms with Crippen molar-refractivity contribution >= 4 is 5.91 Å². The Balaban J connectivity index is 5.07. The number of rotatable bonds is 6. The highest BCUT2D eigenvalue weighted by atomic mass is 19.4. The standard InChI is InChI=1S/C9H8F9NO/c1-2-5(20)19-4-3-6(10,11)7(12,13)8(14,15)9(16,17)18/h2H,1,3-4H2,(H,19,20). The Hall–Kier alpha value is -1.42. The fourth-order valence-corrected chi connectivity index (χ4v) is 0.980. The van der Waals surface area contributed by atoms with Gasteiger partial charge in [-0.25, -0.2) is 0 Å². The van der Waals surface area contributed by atoms with Gasteiger partial charge in [-0.1, -0.05) is 6.58 Å². The second-order valence-electron chi connectivity index (χ2n) is 3.60. The van der Waals surface area contributed by atoms with E-state index < -0.39 is 42.8 Å². The normalized spacial score (nSPS) is 14.1. The van der Waals surface area contributed by atoms with Crippen LogP contribution in [0.15, 0.2) is 12.7 Å². The molecule has 0 heterocycles. The van der Waals surface area contributed by atoms with Crippen molar-refractivity contribution < 1.29 is 44.3 Å². The molecule has 0 aliphatic heterocycles. The smallest absolute Gasteiger partial charge is 0.352 e. The molecule has 1 N–H and O–H groups in total. The lowest BCUT2D eigenvalue weighted by molar-refractivity contribution is -0.396. The molecule has 0 rings (SSSR count). The zero-order valence-electron chi connectivity index (χ0n) is 9.51. The van der Waals surface area contributed by atoms with Gasteiger partial charge in [0.05, 0.1) is 0 Å². The van der Waals surface area contributed by atoms with Gasteiger partial charge in [0.15, 0.2) is 0 Å². The first kappa shape index (κ1) is 18.6. The van der Waals surface area contributed by atoms with Crippen LogP contribution >= 0.6 is 0 Å². The Bertz CT molecular complexity index is 374. The molecular formula is C9H8F9NO. The highest BCUT2D eigenvalue weighted by Gasteiger charge is 2.81. The van der Waals surface area contributed by atoms with Crippen LogP contribution < -0.4 is 5.32 Å². The van der Waals surface area contributed by atoms with Gasteiger partial charge < -0.3 is 5.32 Å². The molecule has 20 heavy (non-hydrogen) atoms. The third-order valence-corrected chi connectivity index (χ3v) is 2.13. The average molecular weight is 317 g/mol. The molecule has 0 unspecified atom stereocenters. The number of nitrogens with one attached hydrogen (secondary N) is 1. The predicted molar refractivity (Wildman–Crippen MR) is 48.7 cm³/mol. The summed E-state index contributed by atoms with van der Waals surface area (Å²) in [5, 5.41) is 1.55. The number of amides is 1. The monoisotopic (exact) mass is 317 g/mol. The molecule has 0 saturated heterocycles. The van der Waals surface area contributed by atoms with Crippen LogP contribution in [0.5, 0.6) is 0 Å². The van der Waals surface area contributed by atoms with Crippen LogP contribution in [-0.2, 0) is 4.79 Å². The fourth-order valence-electron chi connectivity index (χ4n) is 0.980. The van der Waals surface area contributed by atoms with Crippen LogP contribution in [0.4, 0.5) is 39.5 Å². The number of hydrogen-bond acceptors (Lipinski definition) is 1. The molecule has 11 heteroatoms. The van der Waals surface area contributed by atoms with E-state index in [2.05, 4.69) is 6.58 Å². The molecule has 0 aromatic rings. The number of carbonyl (C=O) groups is 1. The lowest BCUT2D eigenvalue weighted by Crippen LogP contribution is -2.61. The summed E-state index contributed by atoms with van der Waals surface area (Å²) in [5.74, 6) is -20.3. The first-order chi connectivity index (χ1) is 8.70. The van der Waals surface area contributed by atoms with E-state index in [9.17, 15) is 44.3 Å². The molecule has 0 bridgehead atoms. The predicted octanol–water partition coefficient (Wildman–Crippen LogP) is 3.15. The van der Waals surface area contributed by atoms with E-state index in [0.717, 1.165) is 0 Å². The summed E-state index contributed by atoms with van der Waals surface area (Å²) in [5.41, 5.74) is 0. The van der Waals surface area contributed by atoms with Gasteiger partial charge in [-0.2, -0.15) is 39.5 Å². The summed E-state index contributed by atoms with van der Waals surface area (Å²) in [7, 11) is 0. The van der Waals surface area contributed by atoms with Gasteiger partial charge in [0.1, 0.15) is 0 Å². The van der Waals surface area contributed by atoms with Gasteiger partial charge in [0.2, 0.25) is 5.91 Å². The van der Waals surface area contributed by atoms with E-state index in [1.54, 1.807) is 5.32 Å². The van der Waals surface area contributed by atoms with Crippen LogP contribution in [-0.4, -0.2) is 36.4 Å². The van der Waals surface area contributed by atoms with Gasteiger partial charge in [-0.05, 0) is 6.08 Å². The molecule has 0 aliphatic carbocycles. The Morgan fingerprint density at radius 2 is 1.40 bits per heavy atom. The Labute approximate surface area is 106 Å². The van der Waals surface area contributed by atoms with Crippen molar-refractivity contribution in [3.05, 3.63) is 12.7 Å². The fraction of sp³-hybridized carbons (Fsp3) is 0.667. The Morgan fingerprint density at radius 1 is 0.950 bits per heavy atom. The summed E-state index contributed by atoms with van der Waals surface area (Å²) < 4.78 is 111. The maximum Gasteiger partial charge on any atom is 0.460 e. The molecule has 0 saturated carbocycles. The topological polar surface area (TPSA) is 29.1 Å². The molecule has 0 aromatic carbocycles. The SMILES string of the molecule is C=CC(=O)NCCC(F)(F)C(F)(F)C(F)(F)C(F)(F)F. The maximum absolute atomic E-state index is 12.9. The van der Waals surface area contributed by atoms with Gasteiger partial charge in [-0.15, -0.1) is 0 Å². The molecule has 0 fully saturated rings. The molecule has 0 spiro atoms. The van der Waals surface area contributed by atoms with Gasteiger partial charge in [0, 0.05) is 13.0 Å². The van der Waals surface area contributed by atoms with Crippen LogP contribution in [0.25, 0.3) is 0 Å². The third-order valence-electron chi connectivity index (χ3n) is 2.13. The van der Waals surface area contributed by atoms with Crippen molar-refractivity contribution in [2.24, 2.45) is 0 Å². The zero-order chi connectivity index (χ0) is 16.4. The average Bonchev–Trinajstić information content (AvgIpc) is 2.26. The second-order valence-corrected chi connectivity index (χ2v) is 3.60. The molecular weight excluding hydrogens is 309 g/mol. The van der Waals surface area contributed by atoms with Crippen molar-refractivity contribution in [1.82, 2.24) is 5.32 Å². The number of alkyl halides is 9. The highest BCUT2D eigenvalue weighted by Crippen LogP contribution is 2.53. The Kier molecular flexibility index (Phi) is 5.13. The van der Waals surface area contributed by atoms with Gasteiger partial charge in [-0.3, -0.25) is 4.79 Å². The van der Waals surface area contributed by atoms with Crippen molar-refractivity contribution in [1.29, 1.82) is 0 Å². The van der Waals surface area contributed by atoms with E-state index in [-0.39, 0.29) is 0 Å². The van der Waals surface area contributed by atoms with Gasteiger partial charge in [0.25, 0.3) is 0 Å². The zero-order valence-corrected chi connectivity index (χ0v) is 9.51. The summed E-state index contributed by atoms with van der Waals surface area (Å²) in [6.07, 6.45) is -8.38. The largest absolute Gasteiger partial charge is 0.460 e. The second kappa shape index (κ2) is 5.52. The first-order valence-electron chi connectivity index (χ1n) is 4.81. The minimum Gasteiger partial charge on any atom is -0.352 e. The van der Waals surface area contributed by atoms with Crippen molar-refractivity contribution in [3.8, 4) is 0 Å². The highest BCUT2D eigenvalue weighted by molar-refractivity contribution is 5.86. The van der Waals surface area contributed by atoms with Gasteiger partial charge >= 0.3 is 23.9 Å². The number of hydrogen-bond donors (Lipinski definition) is 1. The van der Waals surface area contributed by atoms with Crippen LogP contribution in [0.3, 0.4) is 0 Å².